The Morgan fingerprint density at radius 1 is 1.00 bits per heavy atom. The minimum atomic E-state index is 0.348. The molecule has 0 saturated heterocycles. The normalized spacial score (nSPS) is 24.1. The molecule has 2 aliphatic carbocycles. The summed E-state index contributed by atoms with van der Waals surface area (Å²) < 4.78 is 0. The summed E-state index contributed by atoms with van der Waals surface area (Å²) in [4.78, 5) is 5.54. The van der Waals surface area contributed by atoms with Crippen LogP contribution in [0, 0.1) is 37.5 Å². The maximum Gasteiger partial charge on any atom is 0.0709 e. The molecular weight excluding hydrogens is 434 g/mol. The quantitative estimate of drug-likeness (QED) is 0.132. The summed E-state index contributed by atoms with van der Waals surface area (Å²) >= 11 is 0. The minimum Gasteiger partial charge on any atom is -0.286 e. The minimum absolute atomic E-state index is 0.348. The highest BCUT2D eigenvalue weighted by molar-refractivity contribution is 5.87. The van der Waals surface area contributed by atoms with Crippen molar-refractivity contribution in [3.63, 3.8) is 0 Å². The molecule has 1 nitrogen and oxygen atoms in total. The van der Waals surface area contributed by atoms with Gasteiger partial charge in [0.2, 0.25) is 0 Å². The molecule has 4 atom stereocenters. The Hall–Kier alpha value is -1.63. The van der Waals surface area contributed by atoms with E-state index in [1.165, 1.54) is 111 Å². The topological polar surface area (TPSA) is 12.4 Å². The Morgan fingerprint density at radius 3 is 2.42 bits per heavy atom. The van der Waals surface area contributed by atoms with Crippen LogP contribution in [-0.4, -0.2) is 11.8 Å². The molecule has 2 saturated carbocycles. The number of hydrogen-bond acceptors (Lipinski definition) is 1. The van der Waals surface area contributed by atoms with E-state index in [1.54, 1.807) is 0 Å². The van der Waals surface area contributed by atoms with Gasteiger partial charge in [-0.2, -0.15) is 0 Å². The van der Waals surface area contributed by atoms with Gasteiger partial charge >= 0.3 is 0 Å². The molecule has 0 amide bonds. The second-order valence-corrected chi connectivity index (χ2v) is 12.2. The standard InChI is InChI=1S/C35H55N/c1-7-9-18-31(19-13-10-12-17-30-23-22-27(4)28(5)25-30)34(24-26(3)16-8-2)36-29(6)35-32-20-14-11-15-21-33(32)35/h7,22-25,31-35H,1,8-21H2,2-6H3. The van der Waals surface area contributed by atoms with Crippen LogP contribution in [0.1, 0.15) is 121 Å². The van der Waals surface area contributed by atoms with Crippen molar-refractivity contribution in [2.24, 2.45) is 28.7 Å². The lowest BCUT2D eigenvalue weighted by Crippen LogP contribution is -2.20. The molecule has 0 bridgehead atoms. The van der Waals surface area contributed by atoms with Crippen molar-refractivity contribution >= 4 is 5.71 Å². The largest absolute Gasteiger partial charge is 0.286 e. The number of allylic oxidation sites excluding steroid dienone is 2. The van der Waals surface area contributed by atoms with Crippen LogP contribution in [0.15, 0.2) is 47.5 Å². The summed E-state index contributed by atoms with van der Waals surface area (Å²) in [5, 5.41) is 0. The summed E-state index contributed by atoms with van der Waals surface area (Å²) in [6.07, 6.45) is 23.0. The number of hydrogen-bond donors (Lipinski definition) is 0. The number of nitrogens with zero attached hydrogens (tertiary/aromatic N) is 1. The molecule has 36 heavy (non-hydrogen) atoms. The molecule has 0 radical (unpaired) electrons. The number of unbranched alkanes of at least 4 members (excludes halogenated alkanes) is 2. The third-order valence-corrected chi connectivity index (χ3v) is 9.18. The van der Waals surface area contributed by atoms with E-state index in [0.29, 0.717) is 12.0 Å². The maximum absolute atomic E-state index is 5.54. The van der Waals surface area contributed by atoms with E-state index in [2.05, 4.69) is 71.5 Å². The lowest BCUT2D eigenvalue weighted by molar-refractivity contribution is 0.393. The first-order valence-corrected chi connectivity index (χ1v) is 15.3. The van der Waals surface area contributed by atoms with E-state index in [4.69, 9.17) is 4.99 Å². The lowest BCUT2D eigenvalue weighted by Gasteiger charge is -2.24. The van der Waals surface area contributed by atoms with Crippen LogP contribution in [0.5, 0.6) is 0 Å². The zero-order valence-corrected chi connectivity index (χ0v) is 24.3. The summed E-state index contributed by atoms with van der Waals surface area (Å²) in [6.45, 7) is 15.5. The molecule has 4 unspecified atom stereocenters. The number of rotatable bonds is 15. The van der Waals surface area contributed by atoms with Gasteiger partial charge in [-0.05, 0) is 114 Å². The Kier molecular flexibility index (Phi) is 12.0. The summed E-state index contributed by atoms with van der Waals surface area (Å²) in [7, 11) is 0. The summed E-state index contributed by atoms with van der Waals surface area (Å²) in [5.74, 6) is 3.30. The number of aryl methyl sites for hydroxylation is 3. The molecule has 0 heterocycles. The predicted molar refractivity (Wildman–Crippen MR) is 160 cm³/mol. The SMILES string of the molecule is C=CCCC(CCCCCc1ccc(C)c(C)c1)C(C=C(C)CCC)N=C(C)C1C2CCCCCC21. The highest BCUT2D eigenvalue weighted by atomic mass is 14.8. The first-order chi connectivity index (χ1) is 17.4. The molecule has 2 fully saturated rings. The van der Waals surface area contributed by atoms with Crippen molar-refractivity contribution < 1.29 is 0 Å². The van der Waals surface area contributed by atoms with Crippen molar-refractivity contribution in [2.45, 2.75) is 131 Å². The van der Waals surface area contributed by atoms with Crippen molar-refractivity contribution in [2.75, 3.05) is 0 Å². The van der Waals surface area contributed by atoms with Crippen LogP contribution >= 0.6 is 0 Å². The maximum atomic E-state index is 5.54. The highest BCUT2D eigenvalue weighted by Gasteiger charge is 2.51. The molecule has 1 aromatic carbocycles. The predicted octanol–water partition coefficient (Wildman–Crippen LogP) is 10.4. The Morgan fingerprint density at radius 2 is 1.75 bits per heavy atom. The molecule has 0 N–H and O–H groups in total. The van der Waals surface area contributed by atoms with Crippen LogP contribution < -0.4 is 0 Å². The molecule has 0 spiro atoms. The van der Waals surface area contributed by atoms with Crippen LogP contribution in [0.2, 0.25) is 0 Å². The summed E-state index contributed by atoms with van der Waals surface area (Å²) in [6, 6.07) is 7.33. The van der Waals surface area contributed by atoms with Gasteiger partial charge in [-0.15, -0.1) is 6.58 Å². The molecule has 0 aliphatic heterocycles. The van der Waals surface area contributed by atoms with Gasteiger partial charge in [-0.1, -0.05) is 81.4 Å². The molecule has 3 rings (SSSR count). The average Bonchev–Trinajstić information content (AvgIpc) is 3.58. The molecule has 1 heteroatoms. The lowest BCUT2D eigenvalue weighted by atomic mass is 9.87. The fourth-order valence-corrected chi connectivity index (χ4v) is 6.85. The molecule has 1 aromatic rings. The Balaban J connectivity index is 1.63. The smallest absolute Gasteiger partial charge is 0.0709 e. The van der Waals surface area contributed by atoms with E-state index in [-0.39, 0.29) is 0 Å². The number of aliphatic imine (C=N–C) groups is 1. The van der Waals surface area contributed by atoms with E-state index >= 15 is 0 Å². The van der Waals surface area contributed by atoms with Gasteiger partial charge < -0.3 is 0 Å². The van der Waals surface area contributed by atoms with E-state index in [1.807, 2.05) is 0 Å². The van der Waals surface area contributed by atoms with Gasteiger partial charge in [-0.25, -0.2) is 0 Å². The van der Waals surface area contributed by atoms with E-state index in [0.717, 1.165) is 24.2 Å². The highest BCUT2D eigenvalue weighted by Crippen LogP contribution is 2.55. The van der Waals surface area contributed by atoms with E-state index in [9.17, 15) is 0 Å². The second kappa shape index (κ2) is 14.9. The van der Waals surface area contributed by atoms with Gasteiger partial charge in [0.05, 0.1) is 6.04 Å². The Labute approximate surface area is 224 Å². The Bertz CT molecular complexity index is 863. The number of benzene rings is 1. The van der Waals surface area contributed by atoms with Crippen LogP contribution in [0.25, 0.3) is 0 Å². The van der Waals surface area contributed by atoms with Gasteiger partial charge in [0.15, 0.2) is 0 Å². The molecular formula is C35H55N. The third-order valence-electron chi connectivity index (χ3n) is 9.18. The van der Waals surface area contributed by atoms with Crippen molar-refractivity contribution in [3.8, 4) is 0 Å². The summed E-state index contributed by atoms with van der Waals surface area (Å²) in [5.41, 5.74) is 7.32. The average molecular weight is 490 g/mol. The van der Waals surface area contributed by atoms with Crippen LogP contribution in [0.4, 0.5) is 0 Å². The molecule has 2 aliphatic rings. The first kappa shape index (κ1) is 28.9. The fourth-order valence-electron chi connectivity index (χ4n) is 6.85. The monoisotopic (exact) mass is 489 g/mol. The zero-order chi connectivity index (χ0) is 25.9. The van der Waals surface area contributed by atoms with E-state index < -0.39 is 0 Å². The van der Waals surface area contributed by atoms with Gasteiger partial charge in [0, 0.05) is 11.6 Å². The van der Waals surface area contributed by atoms with Crippen molar-refractivity contribution in [1.82, 2.24) is 0 Å². The number of fused-ring (bicyclic) bond motifs is 1. The van der Waals surface area contributed by atoms with Crippen molar-refractivity contribution in [1.29, 1.82) is 0 Å². The fraction of sp³-hybridized carbons (Fsp3) is 0.686. The second-order valence-electron chi connectivity index (χ2n) is 12.2. The van der Waals surface area contributed by atoms with Crippen LogP contribution in [-0.2, 0) is 6.42 Å². The molecule has 200 valence electrons. The van der Waals surface area contributed by atoms with Crippen molar-refractivity contribution in [3.05, 3.63) is 59.2 Å². The van der Waals surface area contributed by atoms with Crippen LogP contribution in [0.3, 0.4) is 0 Å². The van der Waals surface area contributed by atoms with Gasteiger partial charge in [0.1, 0.15) is 0 Å². The molecule has 0 aromatic heterocycles. The zero-order valence-electron chi connectivity index (χ0n) is 24.3. The van der Waals surface area contributed by atoms with Gasteiger partial charge in [0.25, 0.3) is 0 Å². The van der Waals surface area contributed by atoms with Gasteiger partial charge in [-0.3, -0.25) is 4.99 Å². The first-order valence-electron chi connectivity index (χ1n) is 15.3. The third kappa shape index (κ3) is 8.74.